The molecule has 0 amide bonds. The lowest BCUT2D eigenvalue weighted by Crippen LogP contribution is -2.05. The van der Waals surface area contributed by atoms with E-state index >= 15 is 0 Å². The van der Waals surface area contributed by atoms with E-state index in [1.165, 1.54) is 6.07 Å². The predicted octanol–water partition coefficient (Wildman–Crippen LogP) is 2.20. The Morgan fingerprint density at radius 3 is 2.78 bits per heavy atom. The van der Waals surface area contributed by atoms with E-state index in [1.807, 2.05) is 0 Å². The molecule has 1 heterocycles. The van der Waals surface area contributed by atoms with Gasteiger partial charge in [0.15, 0.2) is 22.5 Å². The summed E-state index contributed by atoms with van der Waals surface area (Å²) in [5.41, 5.74) is 0.247. The van der Waals surface area contributed by atoms with Crippen LogP contribution in [0.4, 0.5) is 5.69 Å². The molecule has 1 aromatic rings. The van der Waals surface area contributed by atoms with Gasteiger partial charge in [0.05, 0.1) is 11.0 Å². The average molecular weight is 242 g/mol. The van der Waals surface area contributed by atoms with Gasteiger partial charge in [-0.2, -0.15) is 0 Å². The fourth-order valence-electron chi connectivity index (χ4n) is 1.77. The van der Waals surface area contributed by atoms with Crippen molar-refractivity contribution in [2.24, 2.45) is 0 Å². The number of hydrogen-bond acceptors (Lipinski definition) is 5. The normalized spacial score (nSPS) is 10.9. The van der Waals surface area contributed by atoms with Crippen molar-refractivity contribution in [2.45, 2.75) is 0 Å². The molecule has 1 aromatic carbocycles. The SMILES string of the molecule is O=c1cc2oc3ccccc3nc-2c([N+](=O)[O-])c1. The Balaban J connectivity index is 2.49. The first kappa shape index (κ1) is 10.4. The van der Waals surface area contributed by atoms with Gasteiger partial charge in [-0.1, -0.05) is 12.1 Å². The molecular weight excluding hydrogens is 236 g/mol. The zero-order valence-corrected chi connectivity index (χ0v) is 8.99. The molecule has 3 rings (SSSR count). The van der Waals surface area contributed by atoms with Crippen LogP contribution in [0, 0.1) is 10.1 Å². The minimum atomic E-state index is -0.638. The summed E-state index contributed by atoms with van der Waals surface area (Å²) in [5.74, 6) is 0.118. The Labute approximate surface area is 100.0 Å². The second-order valence-corrected chi connectivity index (χ2v) is 3.73. The van der Waals surface area contributed by atoms with Crippen LogP contribution in [-0.4, -0.2) is 9.91 Å². The quantitative estimate of drug-likeness (QED) is 0.371. The van der Waals surface area contributed by atoms with Crippen molar-refractivity contribution in [3.8, 4) is 11.5 Å². The molecule has 1 aliphatic carbocycles. The molecule has 0 saturated heterocycles. The first-order valence-electron chi connectivity index (χ1n) is 5.13. The van der Waals surface area contributed by atoms with Crippen molar-refractivity contribution in [3.63, 3.8) is 0 Å². The topological polar surface area (TPSA) is 86.2 Å². The maximum Gasteiger partial charge on any atom is 0.302 e. The predicted molar refractivity (Wildman–Crippen MR) is 63.6 cm³/mol. The number of nitro benzene ring substituents is 1. The van der Waals surface area contributed by atoms with Crippen LogP contribution in [0.1, 0.15) is 0 Å². The lowest BCUT2D eigenvalue weighted by molar-refractivity contribution is -0.384. The maximum atomic E-state index is 11.4. The van der Waals surface area contributed by atoms with Gasteiger partial charge >= 0.3 is 5.69 Å². The Morgan fingerprint density at radius 2 is 2.00 bits per heavy atom. The van der Waals surface area contributed by atoms with Crippen molar-refractivity contribution in [2.75, 3.05) is 0 Å². The Morgan fingerprint density at radius 1 is 1.22 bits per heavy atom. The van der Waals surface area contributed by atoms with Crippen molar-refractivity contribution in [3.05, 3.63) is 56.7 Å². The molecule has 2 aliphatic rings. The molecule has 0 N–H and O–H groups in total. The number of para-hydroxylation sites is 2. The zero-order chi connectivity index (χ0) is 12.7. The van der Waals surface area contributed by atoms with Gasteiger partial charge in [-0.3, -0.25) is 14.9 Å². The largest absolute Gasteiger partial charge is 0.452 e. The molecule has 0 spiro atoms. The van der Waals surface area contributed by atoms with Crippen LogP contribution < -0.4 is 5.43 Å². The van der Waals surface area contributed by atoms with E-state index < -0.39 is 10.4 Å². The number of aromatic nitrogens is 1. The number of hydrogen-bond donors (Lipinski definition) is 0. The molecule has 0 fully saturated rings. The van der Waals surface area contributed by atoms with Gasteiger partial charge in [-0.15, -0.1) is 0 Å². The molecule has 0 aromatic heterocycles. The molecule has 88 valence electrons. The average Bonchev–Trinajstić information content (AvgIpc) is 2.35. The van der Waals surface area contributed by atoms with Crippen LogP contribution in [0.15, 0.2) is 45.6 Å². The van der Waals surface area contributed by atoms with Gasteiger partial charge in [0.25, 0.3) is 0 Å². The molecule has 0 bridgehead atoms. The summed E-state index contributed by atoms with van der Waals surface area (Å²) in [5, 5.41) is 10.9. The van der Waals surface area contributed by atoms with Crippen LogP contribution in [0.5, 0.6) is 0 Å². The van der Waals surface area contributed by atoms with Crippen molar-refractivity contribution in [1.29, 1.82) is 0 Å². The van der Waals surface area contributed by atoms with E-state index in [2.05, 4.69) is 4.98 Å². The van der Waals surface area contributed by atoms with Gasteiger partial charge in [-0.05, 0) is 12.1 Å². The Hall–Kier alpha value is -2.76. The third kappa shape index (κ3) is 1.51. The third-order valence-corrected chi connectivity index (χ3v) is 2.54. The summed E-state index contributed by atoms with van der Waals surface area (Å²) >= 11 is 0. The lowest BCUT2D eigenvalue weighted by Gasteiger charge is -2.05. The van der Waals surface area contributed by atoms with Crippen LogP contribution in [0.2, 0.25) is 0 Å². The molecule has 0 saturated carbocycles. The molecule has 6 nitrogen and oxygen atoms in total. The molecule has 0 atom stereocenters. The number of rotatable bonds is 1. The maximum absolute atomic E-state index is 11.4. The van der Waals surface area contributed by atoms with E-state index in [9.17, 15) is 14.9 Å². The van der Waals surface area contributed by atoms with E-state index in [0.29, 0.717) is 11.1 Å². The van der Waals surface area contributed by atoms with E-state index in [-0.39, 0.29) is 17.1 Å². The summed E-state index contributed by atoms with van der Waals surface area (Å²) in [6, 6.07) is 9.03. The first-order chi connectivity index (χ1) is 8.65. The van der Waals surface area contributed by atoms with Gasteiger partial charge in [0, 0.05) is 6.07 Å². The van der Waals surface area contributed by atoms with Crippen LogP contribution in [-0.2, 0) is 0 Å². The van der Waals surface area contributed by atoms with Gasteiger partial charge < -0.3 is 4.42 Å². The summed E-state index contributed by atoms with van der Waals surface area (Å²) in [6.07, 6.45) is 0. The Bertz CT molecular complexity index is 794. The van der Waals surface area contributed by atoms with Crippen molar-refractivity contribution >= 4 is 16.8 Å². The molecule has 0 unspecified atom stereocenters. The van der Waals surface area contributed by atoms with Crippen LogP contribution >= 0.6 is 0 Å². The number of nitro groups is 1. The molecule has 1 aliphatic heterocycles. The third-order valence-electron chi connectivity index (χ3n) is 2.54. The van der Waals surface area contributed by atoms with Crippen LogP contribution in [0.3, 0.4) is 0 Å². The number of benzene rings is 2. The highest BCUT2D eigenvalue weighted by molar-refractivity contribution is 5.78. The fourth-order valence-corrected chi connectivity index (χ4v) is 1.77. The molecule has 0 radical (unpaired) electrons. The highest BCUT2D eigenvalue weighted by atomic mass is 16.6. The number of nitrogens with zero attached hydrogens (tertiary/aromatic N) is 2. The van der Waals surface area contributed by atoms with Gasteiger partial charge in [0.2, 0.25) is 0 Å². The highest BCUT2D eigenvalue weighted by Crippen LogP contribution is 2.30. The monoisotopic (exact) mass is 242 g/mol. The summed E-state index contributed by atoms with van der Waals surface area (Å²) < 4.78 is 5.45. The smallest absolute Gasteiger partial charge is 0.302 e. The van der Waals surface area contributed by atoms with Crippen LogP contribution in [0.25, 0.3) is 22.6 Å². The summed E-state index contributed by atoms with van der Waals surface area (Å²) in [4.78, 5) is 25.8. The molecule has 6 heteroatoms. The first-order valence-corrected chi connectivity index (χ1v) is 5.13. The number of fused-ring (bicyclic) bond motifs is 2. The van der Waals surface area contributed by atoms with Gasteiger partial charge in [-0.25, -0.2) is 4.98 Å². The zero-order valence-electron chi connectivity index (χ0n) is 8.99. The summed E-state index contributed by atoms with van der Waals surface area (Å²) in [6.45, 7) is 0. The highest BCUT2D eigenvalue weighted by Gasteiger charge is 2.22. The van der Waals surface area contributed by atoms with E-state index in [4.69, 9.17) is 4.42 Å². The fraction of sp³-hybridized carbons (Fsp3) is 0. The van der Waals surface area contributed by atoms with Crippen molar-refractivity contribution < 1.29 is 9.34 Å². The lowest BCUT2D eigenvalue weighted by atomic mass is 10.2. The standard InChI is InChI=1S/C12H6N2O4/c15-7-5-9(14(16)17)12-11(6-7)18-10-4-2-1-3-8(10)13-12/h1-6H. The summed E-state index contributed by atoms with van der Waals surface area (Å²) in [7, 11) is 0. The minimum Gasteiger partial charge on any atom is -0.452 e. The van der Waals surface area contributed by atoms with Gasteiger partial charge in [0.1, 0.15) is 5.52 Å². The molecular formula is C12H6N2O4. The van der Waals surface area contributed by atoms with E-state index in [1.54, 1.807) is 24.3 Å². The molecule has 18 heavy (non-hydrogen) atoms. The second kappa shape index (κ2) is 3.63. The minimum absolute atomic E-state index is 0.0818. The Kier molecular flexibility index (Phi) is 2.09. The van der Waals surface area contributed by atoms with E-state index in [0.717, 1.165) is 6.07 Å². The second-order valence-electron chi connectivity index (χ2n) is 3.73. The van der Waals surface area contributed by atoms with Crippen molar-refractivity contribution in [1.82, 2.24) is 4.98 Å².